The van der Waals surface area contributed by atoms with Crippen LogP contribution in [-0.2, 0) is 9.63 Å². The highest BCUT2D eigenvalue weighted by atomic mass is 35.5. The van der Waals surface area contributed by atoms with E-state index in [0.29, 0.717) is 0 Å². The Balaban J connectivity index is 0. The van der Waals surface area contributed by atoms with Gasteiger partial charge in [-0.1, -0.05) is 0 Å². The molecule has 1 aliphatic heterocycles. The van der Waals surface area contributed by atoms with Gasteiger partial charge in [0.05, 0.1) is 5.41 Å². The lowest BCUT2D eigenvalue weighted by Crippen LogP contribution is -2.45. The number of rotatable bonds is 1. The normalized spacial score (nSPS) is 17.3. The topological polar surface area (TPSA) is 41.6 Å². The summed E-state index contributed by atoms with van der Waals surface area (Å²) in [6.07, 6.45) is 0. The lowest BCUT2D eigenvalue weighted by molar-refractivity contribution is -0.202. The molecule has 0 saturated carbocycles. The second kappa shape index (κ2) is 7.28. The van der Waals surface area contributed by atoms with Crippen LogP contribution in [0.25, 0.3) is 0 Å². The van der Waals surface area contributed by atoms with E-state index in [4.69, 9.17) is 4.84 Å². The first-order valence-electron chi connectivity index (χ1n) is 4.68. The standard InChI is InChI=1S/C9H18N2O2.2ClH/c1-9(2,3)8(12)13-11-6-4-10-5-7-11;;/h10H,4-7H2,1-3H3;2*1H. The van der Waals surface area contributed by atoms with Crippen molar-refractivity contribution in [3.63, 3.8) is 0 Å². The quantitative estimate of drug-likeness (QED) is 0.769. The third kappa shape index (κ3) is 6.20. The minimum atomic E-state index is -0.412. The van der Waals surface area contributed by atoms with Gasteiger partial charge in [-0.3, -0.25) is 0 Å². The molecule has 0 radical (unpaired) electrons. The largest absolute Gasteiger partial charge is 0.367 e. The fourth-order valence-corrected chi connectivity index (χ4v) is 0.990. The van der Waals surface area contributed by atoms with Crippen molar-refractivity contribution in [1.82, 2.24) is 10.4 Å². The van der Waals surface area contributed by atoms with Gasteiger partial charge >= 0.3 is 5.97 Å². The van der Waals surface area contributed by atoms with Crippen LogP contribution in [0.4, 0.5) is 0 Å². The molecule has 0 aromatic rings. The molecule has 0 aromatic heterocycles. The van der Waals surface area contributed by atoms with Crippen LogP contribution in [0.3, 0.4) is 0 Å². The first-order chi connectivity index (χ1) is 6.00. The minimum absolute atomic E-state index is 0. The van der Waals surface area contributed by atoms with Crippen molar-refractivity contribution >= 4 is 30.8 Å². The van der Waals surface area contributed by atoms with Crippen LogP contribution in [0.2, 0.25) is 0 Å². The molecule has 92 valence electrons. The van der Waals surface area contributed by atoms with Gasteiger partial charge in [-0.25, -0.2) is 4.79 Å². The lowest BCUT2D eigenvalue weighted by Gasteiger charge is -2.28. The lowest BCUT2D eigenvalue weighted by atomic mass is 9.98. The molecule has 0 amide bonds. The molecule has 0 aliphatic carbocycles. The third-order valence-electron chi connectivity index (χ3n) is 1.90. The molecule has 1 saturated heterocycles. The van der Waals surface area contributed by atoms with Crippen molar-refractivity contribution in [3.05, 3.63) is 0 Å². The highest BCUT2D eigenvalue weighted by molar-refractivity contribution is 5.85. The molecule has 0 unspecified atom stereocenters. The molecule has 0 bridgehead atoms. The maximum absolute atomic E-state index is 11.4. The van der Waals surface area contributed by atoms with Gasteiger partial charge in [0, 0.05) is 26.2 Å². The van der Waals surface area contributed by atoms with Crippen LogP contribution in [0.15, 0.2) is 0 Å². The zero-order valence-corrected chi connectivity index (χ0v) is 11.0. The maximum atomic E-state index is 11.4. The second-order valence-corrected chi connectivity index (χ2v) is 4.31. The summed E-state index contributed by atoms with van der Waals surface area (Å²) in [5.74, 6) is -0.158. The molecule has 1 rings (SSSR count). The Morgan fingerprint density at radius 2 is 1.67 bits per heavy atom. The van der Waals surface area contributed by atoms with E-state index in [0.717, 1.165) is 26.2 Å². The molecule has 0 aromatic carbocycles. The summed E-state index contributed by atoms with van der Waals surface area (Å²) >= 11 is 0. The van der Waals surface area contributed by atoms with Crippen molar-refractivity contribution in [1.29, 1.82) is 0 Å². The number of halogens is 2. The number of carbonyl (C=O) groups excluding carboxylic acids is 1. The van der Waals surface area contributed by atoms with E-state index in [2.05, 4.69) is 5.32 Å². The van der Waals surface area contributed by atoms with E-state index in [-0.39, 0.29) is 30.8 Å². The Labute approximate surface area is 103 Å². The smallest absolute Gasteiger partial charge is 0.330 e. The highest BCUT2D eigenvalue weighted by Gasteiger charge is 2.26. The van der Waals surface area contributed by atoms with Crippen LogP contribution >= 0.6 is 24.8 Å². The Kier molecular flexibility index (Phi) is 8.43. The zero-order valence-electron chi connectivity index (χ0n) is 9.41. The van der Waals surface area contributed by atoms with Crippen molar-refractivity contribution in [2.24, 2.45) is 5.41 Å². The van der Waals surface area contributed by atoms with E-state index in [1.807, 2.05) is 20.8 Å². The summed E-state index contributed by atoms with van der Waals surface area (Å²) in [5, 5.41) is 4.92. The Bertz CT molecular complexity index is 189. The molecule has 1 fully saturated rings. The van der Waals surface area contributed by atoms with E-state index in [9.17, 15) is 4.79 Å². The third-order valence-corrected chi connectivity index (χ3v) is 1.90. The zero-order chi connectivity index (χ0) is 9.90. The highest BCUT2D eigenvalue weighted by Crippen LogP contribution is 2.16. The number of nitrogens with zero attached hydrogens (tertiary/aromatic N) is 1. The van der Waals surface area contributed by atoms with E-state index in [1.54, 1.807) is 5.06 Å². The van der Waals surface area contributed by atoms with Gasteiger partial charge in [-0.05, 0) is 20.8 Å². The summed E-state index contributed by atoms with van der Waals surface area (Å²) in [6, 6.07) is 0. The molecule has 1 heterocycles. The minimum Gasteiger partial charge on any atom is -0.367 e. The SMILES string of the molecule is CC(C)(C)C(=O)ON1CCNCC1.Cl.Cl. The molecular formula is C9H20Cl2N2O2. The average Bonchev–Trinajstić information content (AvgIpc) is 2.04. The predicted molar refractivity (Wildman–Crippen MR) is 64.5 cm³/mol. The molecule has 0 atom stereocenters. The Hall–Kier alpha value is -0.0300. The Morgan fingerprint density at radius 1 is 1.20 bits per heavy atom. The van der Waals surface area contributed by atoms with E-state index >= 15 is 0 Å². The van der Waals surface area contributed by atoms with Crippen LogP contribution in [0, 0.1) is 5.41 Å². The van der Waals surface area contributed by atoms with Gasteiger partial charge in [-0.15, -0.1) is 29.9 Å². The number of hydrogen-bond donors (Lipinski definition) is 1. The molecule has 6 heteroatoms. The van der Waals surface area contributed by atoms with Gasteiger partial charge in [0.2, 0.25) is 0 Å². The summed E-state index contributed by atoms with van der Waals surface area (Å²) in [5.41, 5.74) is -0.412. The van der Waals surface area contributed by atoms with Gasteiger partial charge in [0.25, 0.3) is 0 Å². The van der Waals surface area contributed by atoms with Crippen LogP contribution in [0.5, 0.6) is 0 Å². The van der Waals surface area contributed by atoms with Crippen molar-refractivity contribution in [2.75, 3.05) is 26.2 Å². The summed E-state index contributed by atoms with van der Waals surface area (Å²) in [6.45, 7) is 8.91. The predicted octanol–water partition coefficient (Wildman–Crippen LogP) is 1.24. The fourth-order valence-electron chi connectivity index (χ4n) is 0.990. The number of hydroxylamine groups is 2. The first-order valence-corrected chi connectivity index (χ1v) is 4.68. The van der Waals surface area contributed by atoms with Crippen molar-refractivity contribution in [2.45, 2.75) is 20.8 Å². The molecule has 1 aliphatic rings. The van der Waals surface area contributed by atoms with E-state index < -0.39 is 5.41 Å². The van der Waals surface area contributed by atoms with Crippen LogP contribution in [-0.4, -0.2) is 37.2 Å². The summed E-state index contributed by atoms with van der Waals surface area (Å²) in [4.78, 5) is 16.7. The van der Waals surface area contributed by atoms with Crippen LogP contribution < -0.4 is 5.32 Å². The van der Waals surface area contributed by atoms with E-state index in [1.165, 1.54) is 0 Å². The van der Waals surface area contributed by atoms with Crippen molar-refractivity contribution < 1.29 is 9.63 Å². The van der Waals surface area contributed by atoms with Gasteiger partial charge in [-0.2, -0.15) is 0 Å². The monoisotopic (exact) mass is 258 g/mol. The number of piperazine rings is 1. The summed E-state index contributed by atoms with van der Waals surface area (Å²) in [7, 11) is 0. The molecule has 0 spiro atoms. The first kappa shape index (κ1) is 17.4. The number of hydrogen-bond acceptors (Lipinski definition) is 4. The molecule has 1 N–H and O–H groups in total. The average molecular weight is 259 g/mol. The number of nitrogens with one attached hydrogen (secondary N) is 1. The maximum Gasteiger partial charge on any atom is 0.330 e. The van der Waals surface area contributed by atoms with Gasteiger partial charge < -0.3 is 10.2 Å². The second-order valence-electron chi connectivity index (χ2n) is 4.31. The van der Waals surface area contributed by atoms with Gasteiger partial charge in [0.1, 0.15) is 0 Å². The Morgan fingerprint density at radius 3 is 2.07 bits per heavy atom. The summed E-state index contributed by atoms with van der Waals surface area (Å²) < 4.78 is 0. The van der Waals surface area contributed by atoms with Gasteiger partial charge in [0.15, 0.2) is 0 Å². The van der Waals surface area contributed by atoms with Crippen LogP contribution in [0.1, 0.15) is 20.8 Å². The molecule has 4 nitrogen and oxygen atoms in total. The van der Waals surface area contributed by atoms with Crippen molar-refractivity contribution in [3.8, 4) is 0 Å². The molecule has 15 heavy (non-hydrogen) atoms. The fraction of sp³-hybridized carbons (Fsp3) is 0.889. The number of carbonyl (C=O) groups is 1. The molecular weight excluding hydrogens is 239 g/mol.